The number of amides is 1. The van der Waals surface area contributed by atoms with Gasteiger partial charge in [-0.05, 0) is 36.4 Å². The average Bonchev–Trinajstić information content (AvgIpc) is 3.20. The first-order chi connectivity index (χ1) is 17.0. The maximum absolute atomic E-state index is 12.3. The molecule has 0 saturated carbocycles. The zero-order valence-electron chi connectivity index (χ0n) is 19.1. The van der Waals surface area contributed by atoms with E-state index < -0.39 is 12.7 Å². The molecule has 3 aromatic rings. The third-order valence-electron chi connectivity index (χ3n) is 6.10. The van der Waals surface area contributed by atoms with E-state index >= 15 is 0 Å². The molecule has 5 rings (SSSR count). The Morgan fingerprint density at radius 3 is 2.66 bits per heavy atom. The first-order valence-electron chi connectivity index (χ1n) is 11.3. The fraction of sp³-hybridized carbons (Fsp3) is 0.375. The lowest BCUT2D eigenvalue weighted by molar-refractivity contribution is -0.0498. The lowest BCUT2D eigenvalue weighted by atomic mass is 9.99. The van der Waals surface area contributed by atoms with Crippen molar-refractivity contribution in [3.8, 4) is 11.6 Å². The predicted molar refractivity (Wildman–Crippen MR) is 125 cm³/mol. The second-order valence-electron chi connectivity index (χ2n) is 8.47. The second-order valence-corrected chi connectivity index (χ2v) is 8.47. The number of fused-ring (bicyclic) bond motifs is 1. The molecule has 1 N–H and O–H groups in total. The number of nitrogens with zero attached hydrogens (tertiary/aromatic N) is 4. The second kappa shape index (κ2) is 9.87. The van der Waals surface area contributed by atoms with Crippen molar-refractivity contribution in [2.45, 2.75) is 12.7 Å². The number of carbonyl (C=O) groups is 1. The van der Waals surface area contributed by atoms with Gasteiger partial charge >= 0.3 is 12.7 Å². The summed E-state index contributed by atoms with van der Waals surface area (Å²) in [7, 11) is 1.60. The fourth-order valence-electron chi connectivity index (χ4n) is 4.35. The zero-order chi connectivity index (χ0) is 24.4. The van der Waals surface area contributed by atoms with E-state index in [2.05, 4.69) is 24.9 Å². The normalized spacial score (nSPS) is 18.2. The van der Waals surface area contributed by atoms with Crippen LogP contribution in [0, 0.1) is 5.92 Å². The van der Waals surface area contributed by atoms with E-state index in [-0.39, 0.29) is 11.9 Å². The largest absolute Gasteiger partial charge is 0.481 e. The van der Waals surface area contributed by atoms with Crippen LogP contribution >= 0.6 is 0 Å². The summed E-state index contributed by atoms with van der Waals surface area (Å²) in [6.45, 7) is 0.587. The van der Waals surface area contributed by atoms with E-state index in [1.165, 1.54) is 17.0 Å². The quantitative estimate of drug-likeness (QED) is 0.494. The molecule has 0 unspecified atom stereocenters. The molecule has 2 aromatic heterocycles. The Balaban J connectivity index is 1.09. The molecule has 9 nitrogen and oxygen atoms in total. The number of hydrogen-bond acceptors (Lipinski definition) is 8. The third-order valence-corrected chi connectivity index (χ3v) is 6.10. The molecule has 1 aromatic carbocycles. The summed E-state index contributed by atoms with van der Waals surface area (Å²) in [5, 5.41) is 3.40. The van der Waals surface area contributed by atoms with Crippen LogP contribution < -0.4 is 24.6 Å². The van der Waals surface area contributed by atoms with Crippen molar-refractivity contribution in [3.63, 3.8) is 0 Å². The van der Waals surface area contributed by atoms with Crippen LogP contribution in [-0.4, -0.2) is 68.6 Å². The molecule has 0 radical (unpaired) electrons. The van der Waals surface area contributed by atoms with Gasteiger partial charge in [-0.3, -0.25) is 9.88 Å². The number of nitrogens with one attached hydrogen (secondary N) is 1. The summed E-state index contributed by atoms with van der Waals surface area (Å²) in [6, 6.07) is 11.6. The van der Waals surface area contributed by atoms with Crippen molar-refractivity contribution in [1.82, 2.24) is 15.3 Å². The van der Waals surface area contributed by atoms with Gasteiger partial charge in [-0.25, -0.2) is 9.78 Å². The van der Waals surface area contributed by atoms with Crippen molar-refractivity contribution in [2.24, 2.45) is 5.92 Å². The predicted octanol–water partition coefficient (Wildman–Crippen LogP) is 3.29. The van der Waals surface area contributed by atoms with Gasteiger partial charge in [0.1, 0.15) is 17.4 Å². The Bertz CT molecular complexity index is 1190. The summed E-state index contributed by atoms with van der Waals surface area (Å²) in [6.07, 6.45) is 1.04. The molecule has 35 heavy (non-hydrogen) atoms. The highest BCUT2D eigenvalue weighted by molar-refractivity contribution is 5.90. The van der Waals surface area contributed by atoms with E-state index in [4.69, 9.17) is 9.47 Å². The highest BCUT2D eigenvalue weighted by Crippen LogP contribution is 2.31. The Kier molecular flexibility index (Phi) is 6.49. The summed E-state index contributed by atoms with van der Waals surface area (Å²) >= 11 is 0. The molecular formula is C24H25F2N5O4. The first-order valence-corrected chi connectivity index (χ1v) is 11.3. The van der Waals surface area contributed by atoms with E-state index in [9.17, 15) is 13.6 Å². The standard InChI is InChI=1S/C24H25F2N5O4/c1-33-21-7-6-19-22(29-21)20(8-9-28-19)30-12-15(13-30)10-27-11-18-14-31(24(32)35-18)16-2-4-17(5-3-16)34-23(25)26/h2-9,15,18,23,27H,10-14H2,1H3/t18-/m1/s1. The number of carbonyl (C=O) groups excluding carboxylic acids is 1. The molecule has 184 valence electrons. The molecular weight excluding hydrogens is 460 g/mol. The number of halogens is 2. The lowest BCUT2D eigenvalue weighted by Crippen LogP contribution is -2.51. The first kappa shape index (κ1) is 23.0. The number of anilines is 2. The number of alkyl halides is 2. The summed E-state index contributed by atoms with van der Waals surface area (Å²) < 4.78 is 39.7. The van der Waals surface area contributed by atoms with Gasteiger partial charge in [0, 0.05) is 50.0 Å². The van der Waals surface area contributed by atoms with Crippen molar-refractivity contribution in [3.05, 3.63) is 48.7 Å². The number of cyclic esters (lactones) is 1. The minimum absolute atomic E-state index is 0.0405. The highest BCUT2D eigenvalue weighted by atomic mass is 19.3. The molecule has 2 aliphatic heterocycles. The van der Waals surface area contributed by atoms with Gasteiger partial charge in [0.05, 0.1) is 24.9 Å². The van der Waals surface area contributed by atoms with Crippen LogP contribution in [0.4, 0.5) is 25.0 Å². The molecule has 0 spiro atoms. The van der Waals surface area contributed by atoms with Crippen molar-refractivity contribution in [1.29, 1.82) is 0 Å². The van der Waals surface area contributed by atoms with Crippen molar-refractivity contribution >= 4 is 28.5 Å². The van der Waals surface area contributed by atoms with E-state index in [0.717, 1.165) is 36.4 Å². The van der Waals surface area contributed by atoms with E-state index in [1.54, 1.807) is 31.5 Å². The number of aromatic nitrogens is 2. The Labute approximate surface area is 200 Å². The molecule has 2 saturated heterocycles. The van der Waals surface area contributed by atoms with Gasteiger partial charge < -0.3 is 24.4 Å². The molecule has 2 aliphatic rings. The molecule has 1 atom stereocenters. The van der Waals surface area contributed by atoms with E-state index in [1.807, 2.05) is 12.1 Å². The summed E-state index contributed by atoms with van der Waals surface area (Å²) in [5.74, 6) is 1.06. The van der Waals surface area contributed by atoms with Crippen LogP contribution in [-0.2, 0) is 4.74 Å². The maximum Gasteiger partial charge on any atom is 0.414 e. The average molecular weight is 485 g/mol. The Morgan fingerprint density at radius 2 is 1.91 bits per heavy atom. The smallest absolute Gasteiger partial charge is 0.414 e. The minimum Gasteiger partial charge on any atom is -0.481 e. The van der Waals surface area contributed by atoms with Crippen molar-refractivity contribution in [2.75, 3.05) is 49.6 Å². The SMILES string of the molecule is COc1ccc2nccc(N3CC(CNC[C@@H]4CN(c5ccc(OC(F)F)cc5)C(=O)O4)C3)c2n1. The highest BCUT2D eigenvalue weighted by Gasteiger charge is 2.33. The van der Waals surface area contributed by atoms with Crippen LogP contribution in [0.1, 0.15) is 0 Å². The van der Waals surface area contributed by atoms with Crippen LogP contribution in [0.3, 0.4) is 0 Å². The van der Waals surface area contributed by atoms with Crippen LogP contribution in [0.2, 0.25) is 0 Å². The number of hydrogen-bond donors (Lipinski definition) is 1. The molecule has 0 aliphatic carbocycles. The third kappa shape index (κ3) is 5.04. The fourth-order valence-corrected chi connectivity index (χ4v) is 4.35. The maximum atomic E-state index is 12.3. The van der Waals surface area contributed by atoms with Gasteiger partial charge in [0.15, 0.2) is 0 Å². The van der Waals surface area contributed by atoms with Crippen LogP contribution in [0.5, 0.6) is 11.6 Å². The van der Waals surface area contributed by atoms with Gasteiger partial charge in [-0.1, -0.05) is 0 Å². The number of methoxy groups -OCH3 is 1. The molecule has 1 amide bonds. The van der Waals surface area contributed by atoms with Gasteiger partial charge in [-0.15, -0.1) is 0 Å². The Morgan fingerprint density at radius 1 is 1.11 bits per heavy atom. The van der Waals surface area contributed by atoms with Gasteiger partial charge in [0.2, 0.25) is 5.88 Å². The monoisotopic (exact) mass is 485 g/mol. The van der Waals surface area contributed by atoms with Gasteiger partial charge in [-0.2, -0.15) is 8.78 Å². The number of benzene rings is 1. The zero-order valence-corrected chi connectivity index (χ0v) is 19.1. The molecule has 4 heterocycles. The van der Waals surface area contributed by atoms with Gasteiger partial charge in [0.25, 0.3) is 0 Å². The number of ether oxygens (including phenoxy) is 3. The van der Waals surface area contributed by atoms with Crippen LogP contribution in [0.25, 0.3) is 11.0 Å². The lowest BCUT2D eigenvalue weighted by Gasteiger charge is -2.41. The summed E-state index contributed by atoms with van der Waals surface area (Å²) in [4.78, 5) is 25.0. The Hall–Kier alpha value is -3.73. The molecule has 0 bridgehead atoms. The topological polar surface area (TPSA) is 89.1 Å². The molecule has 2 fully saturated rings. The van der Waals surface area contributed by atoms with E-state index in [0.29, 0.717) is 30.6 Å². The molecule has 11 heteroatoms. The van der Waals surface area contributed by atoms with Crippen molar-refractivity contribution < 1.29 is 27.8 Å². The minimum atomic E-state index is -2.89. The summed E-state index contributed by atoms with van der Waals surface area (Å²) in [5.41, 5.74) is 3.26. The number of rotatable bonds is 9. The van der Waals surface area contributed by atoms with Crippen LogP contribution in [0.15, 0.2) is 48.7 Å². The number of pyridine rings is 2.